The van der Waals surface area contributed by atoms with Crippen LogP contribution in [0.15, 0.2) is 69.2 Å². The third-order valence-electron chi connectivity index (χ3n) is 10.7. The zero-order valence-electron chi connectivity index (χ0n) is 34.4. The lowest BCUT2D eigenvalue weighted by Gasteiger charge is -2.34. The van der Waals surface area contributed by atoms with Crippen LogP contribution < -0.4 is 22.1 Å². The number of nitrogens with zero attached hydrogens (tertiary/aromatic N) is 7. The van der Waals surface area contributed by atoms with Crippen LogP contribution in [-0.4, -0.2) is 105 Å². The fourth-order valence-electron chi connectivity index (χ4n) is 7.29. The van der Waals surface area contributed by atoms with Gasteiger partial charge in [0.05, 0.1) is 29.2 Å². The number of nitrogens with one attached hydrogen (secondary N) is 2. The number of esters is 1. The second kappa shape index (κ2) is 18.7. The molecule has 1 fully saturated rings. The number of hydrogen-bond donors (Lipinski definition) is 5. The van der Waals surface area contributed by atoms with Crippen molar-refractivity contribution in [2.45, 2.75) is 45.4 Å². The Kier molecular flexibility index (Phi) is 13.3. The van der Waals surface area contributed by atoms with E-state index < -0.39 is 82.9 Å². The molecule has 18 nitrogen and oxygen atoms in total. The van der Waals surface area contributed by atoms with Gasteiger partial charge in [-0.2, -0.15) is 9.49 Å². The molecule has 4 heterocycles. The van der Waals surface area contributed by atoms with Gasteiger partial charge in [-0.25, -0.2) is 28.2 Å². The Labute approximate surface area is 374 Å². The van der Waals surface area contributed by atoms with Crippen LogP contribution in [0.3, 0.4) is 0 Å². The summed E-state index contributed by atoms with van der Waals surface area (Å²) in [6.07, 6.45) is -1.11. The number of phenolic OH excluding ortho intramolecular Hbond substituents is 2. The first-order valence-electron chi connectivity index (χ1n) is 19.8. The summed E-state index contributed by atoms with van der Waals surface area (Å²) in [4.78, 5) is 72.1. The molecule has 22 heteroatoms. The smallest absolute Gasteiger partial charge is 0.348 e. The Balaban J connectivity index is 0.926. The number of piperazine rings is 1. The van der Waals surface area contributed by atoms with Crippen LogP contribution >= 0.6 is 22.6 Å². The molecule has 7 rings (SSSR count). The second-order valence-corrected chi connectivity index (χ2v) is 16.7. The number of phenols is 2. The van der Waals surface area contributed by atoms with Gasteiger partial charge in [0.1, 0.15) is 54.0 Å². The van der Waals surface area contributed by atoms with Crippen molar-refractivity contribution in [3.05, 3.63) is 118 Å². The summed E-state index contributed by atoms with van der Waals surface area (Å²) >= 11 is 1.88. The molecular formula is C42H41F3IN9O9. The Morgan fingerprint density at radius 1 is 0.953 bits per heavy atom. The molecule has 1 aliphatic heterocycles. The molecule has 0 unspecified atom stereocenters. The van der Waals surface area contributed by atoms with Gasteiger partial charge in [-0.05, 0) is 70.5 Å². The lowest BCUT2D eigenvalue weighted by Crippen LogP contribution is -2.48. The summed E-state index contributed by atoms with van der Waals surface area (Å²) in [6, 6.07) is 10.9. The van der Waals surface area contributed by atoms with Crippen LogP contribution in [0.4, 0.5) is 24.5 Å². The van der Waals surface area contributed by atoms with Crippen LogP contribution in [0.2, 0.25) is 0 Å². The highest BCUT2D eigenvalue weighted by atomic mass is 127. The second-order valence-electron chi connectivity index (χ2n) is 15.4. The van der Waals surface area contributed by atoms with Crippen LogP contribution in [0, 0.1) is 21.0 Å². The predicted octanol–water partition coefficient (Wildman–Crippen LogP) is 3.57. The maximum atomic E-state index is 15.6. The summed E-state index contributed by atoms with van der Waals surface area (Å²) in [7, 11) is 1.21. The summed E-state index contributed by atoms with van der Waals surface area (Å²) in [6.45, 7) is 3.88. The van der Waals surface area contributed by atoms with Crippen molar-refractivity contribution in [2.75, 3.05) is 38.1 Å². The van der Waals surface area contributed by atoms with E-state index in [2.05, 4.69) is 20.5 Å². The average Bonchev–Trinajstić information content (AvgIpc) is 3.63. The van der Waals surface area contributed by atoms with Crippen molar-refractivity contribution >= 4 is 56.9 Å². The van der Waals surface area contributed by atoms with E-state index in [1.165, 1.54) is 54.4 Å². The summed E-state index contributed by atoms with van der Waals surface area (Å²) < 4.78 is 54.1. The quantitative estimate of drug-likeness (QED) is 0.0634. The normalized spacial score (nSPS) is 13.7. The Bertz CT molecular complexity index is 2980. The molecule has 1 aliphatic rings. The summed E-state index contributed by atoms with van der Waals surface area (Å²) in [5, 5.41) is 40.0. The van der Waals surface area contributed by atoms with Crippen molar-refractivity contribution in [1.29, 1.82) is 0 Å². The topological polar surface area (TPSA) is 230 Å². The van der Waals surface area contributed by atoms with Crippen molar-refractivity contribution in [3.63, 3.8) is 0 Å². The van der Waals surface area contributed by atoms with Crippen molar-refractivity contribution in [3.8, 4) is 28.6 Å². The molecular weight excluding hydrogens is 958 g/mol. The Morgan fingerprint density at radius 2 is 1.69 bits per heavy atom. The molecule has 1 atom stereocenters. The van der Waals surface area contributed by atoms with E-state index in [1.54, 1.807) is 0 Å². The highest BCUT2D eigenvalue weighted by Gasteiger charge is 2.27. The van der Waals surface area contributed by atoms with Gasteiger partial charge in [-0.3, -0.25) is 33.2 Å². The first kappa shape index (κ1) is 45.5. The number of H-pyrrole nitrogens is 1. The molecule has 3 aromatic heterocycles. The minimum atomic E-state index is -1.48. The molecule has 1 amide bonds. The van der Waals surface area contributed by atoms with Crippen LogP contribution in [0.25, 0.3) is 28.1 Å². The number of aromatic amines is 1. The molecule has 336 valence electrons. The van der Waals surface area contributed by atoms with E-state index in [1.807, 2.05) is 41.3 Å². The zero-order chi connectivity index (χ0) is 46.1. The SMILES string of the molecule is CC(C)c1cc(-c2n[nH]c(=O)n2-c2ccc(CN3CCN(C(=O)CC(=O)OC[C@H](O)Cn4cnc5c(c(Nc6ccc(I)cc6F)c(F)c(=O)n5C)c4=O)CC3)c(F)c2)c(O)cc1O. The fourth-order valence-corrected chi connectivity index (χ4v) is 7.75. The molecule has 0 aliphatic carbocycles. The van der Waals surface area contributed by atoms with Crippen molar-refractivity contribution in [1.82, 2.24) is 38.7 Å². The number of halogens is 4. The zero-order valence-corrected chi connectivity index (χ0v) is 36.6. The highest BCUT2D eigenvalue weighted by molar-refractivity contribution is 14.1. The molecule has 0 spiro atoms. The number of carbonyl (C=O) groups is 2. The third kappa shape index (κ3) is 9.38. The van der Waals surface area contributed by atoms with Crippen LogP contribution in [0.1, 0.15) is 37.3 Å². The Hall–Kier alpha value is -6.53. The number of aliphatic hydroxyl groups is 1. The first-order valence-corrected chi connectivity index (χ1v) is 20.9. The monoisotopic (exact) mass is 999 g/mol. The molecule has 64 heavy (non-hydrogen) atoms. The number of carbonyl (C=O) groups excluding carboxylic acids is 2. The molecule has 6 aromatic rings. The average molecular weight is 1000 g/mol. The van der Waals surface area contributed by atoms with Gasteiger partial charge in [-0.15, -0.1) is 0 Å². The predicted molar refractivity (Wildman–Crippen MR) is 234 cm³/mol. The number of aliphatic hydroxyl groups excluding tert-OH is 1. The highest BCUT2D eigenvalue weighted by Crippen LogP contribution is 2.37. The van der Waals surface area contributed by atoms with Gasteiger partial charge in [0.25, 0.3) is 11.1 Å². The Morgan fingerprint density at radius 3 is 2.38 bits per heavy atom. The number of aromatic nitrogens is 6. The standard InChI is InChI=1S/C42H41F3IN9O9/c1-21(2)26-14-27(32(58)15-31(26)57)38-49-50-42(63)55(38)24-6-4-22(28(43)13-24)17-52-8-10-53(11-9-52)33(59)16-34(60)64-19-25(56)18-54-20-47-39-35(40(54)61)37(36(45)41(62)51(39)3)48-30-7-5-23(46)12-29(30)44/h4-7,12-15,20-21,25,48,56-58H,8-11,16-19H2,1-3H3,(H,50,63)/t25-/m1/s1. The first-order chi connectivity index (χ1) is 30.4. The molecule has 3 aromatic carbocycles. The maximum absolute atomic E-state index is 15.6. The number of aromatic hydroxyl groups is 2. The van der Waals surface area contributed by atoms with Gasteiger partial charge >= 0.3 is 11.7 Å². The number of ether oxygens (including phenoxy) is 1. The number of pyridine rings is 1. The minimum absolute atomic E-state index is 0.0176. The third-order valence-corrected chi connectivity index (χ3v) is 11.4. The van der Waals surface area contributed by atoms with Gasteiger partial charge < -0.3 is 30.3 Å². The van der Waals surface area contributed by atoms with E-state index in [-0.39, 0.29) is 65.5 Å². The van der Waals surface area contributed by atoms with E-state index >= 15 is 8.78 Å². The number of hydrogen-bond acceptors (Lipinski definition) is 13. The van der Waals surface area contributed by atoms with E-state index in [4.69, 9.17) is 4.74 Å². The van der Waals surface area contributed by atoms with Gasteiger partial charge in [0.15, 0.2) is 11.5 Å². The van der Waals surface area contributed by atoms with Crippen molar-refractivity contribution < 1.29 is 42.8 Å². The van der Waals surface area contributed by atoms with Crippen molar-refractivity contribution in [2.24, 2.45) is 7.05 Å². The number of anilines is 2. The number of amides is 1. The number of fused-ring (bicyclic) bond motifs is 1. The van der Waals surface area contributed by atoms with Crippen LogP contribution in [0.5, 0.6) is 11.5 Å². The largest absolute Gasteiger partial charge is 0.508 e. The number of benzene rings is 3. The fraction of sp³-hybridized carbons (Fsp3) is 0.310. The van der Waals surface area contributed by atoms with Gasteiger partial charge in [-0.1, -0.05) is 19.9 Å². The minimum Gasteiger partial charge on any atom is -0.508 e. The molecule has 1 saturated heterocycles. The maximum Gasteiger partial charge on any atom is 0.348 e. The number of aryl methyl sites for hydroxylation is 1. The lowest BCUT2D eigenvalue weighted by atomic mass is 9.98. The molecule has 0 radical (unpaired) electrons. The molecule has 0 bridgehead atoms. The van der Waals surface area contributed by atoms with E-state index in [9.17, 15) is 43.7 Å². The van der Waals surface area contributed by atoms with Crippen LogP contribution in [-0.2, 0) is 34.5 Å². The van der Waals surface area contributed by atoms with E-state index in [0.29, 0.717) is 27.8 Å². The summed E-state index contributed by atoms with van der Waals surface area (Å²) in [5.74, 6) is -4.76. The van der Waals surface area contributed by atoms with Gasteiger partial charge in [0, 0.05) is 55.0 Å². The molecule has 0 saturated carbocycles. The van der Waals surface area contributed by atoms with E-state index in [0.717, 1.165) is 26.1 Å². The molecule has 5 N–H and O–H groups in total. The number of rotatable bonds is 13. The van der Waals surface area contributed by atoms with Gasteiger partial charge in [0.2, 0.25) is 11.7 Å². The summed E-state index contributed by atoms with van der Waals surface area (Å²) in [5.41, 5.74) is -2.57. The lowest BCUT2D eigenvalue weighted by molar-refractivity contribution is -0.152.